The molecule has 0 N–H and O–H groups in total. The highest BCUT2D eigenvalue weighted by Gasteiger charge is 2.29. The summed E-state index contributed by atoms with van der Waals surface area (Å²) < 4.78 is 33.4. The van der Waals surface area contributed by atoms with E-state index >= 15 is 0 Å². The topological polar surface area (TPSA) is 26.3 Å². The molecule has 1 aromatic rings. The Morgan fingerprint density at radius 1 is 1.22 bits per heavy atom. The van der Waals surface area contributed by atoms with E-state index in [-0.39, 0.29) is 11.7 Å². The van der Waals surface area contributed by atoms with Crippen molar-refractivity contribution in [2.45, 2.75) is 57.8 Å². The number of rotatable bonds is 11. The van der Waals surface area contributed by atoms with Crippen LogP contribution in [-0.4, -0.2) is 18.3 Å². The van der Waals surface area contributed by atoms with Crippen molar-refractivity contribution < 1.29 is 18.3 Å². The molecule has 148 valence electrons. The van der Waals surface area contributed by atoms with E-state index in [1.807, 2.05) is 6.07 Å². The Hall–Kier alpha value is -1.97. The van der Waals surface area contributed by atoms with Gasteiger partial charge in [0.2, 0.25) is 0 Å². The van der Waals surface area contributed by atoms with Gasteiger partial charge in [0.1, 0.15) is 11.5 Å². The monoisotopic (exact) mass is 376 g/mol. The number of alkyl halides is 2. The minimum Gasteiger partial charge on any atom is -0.487 e. The summed E-state index contributed by atoms with van der Waals surface area (Å²) in [5.41, 5.74) is 0. The molecule has 2 nitrogen and oxygen atoms in total. The number of hydrogen-bond acceptors (Lipinski definition) is 2. The third-order valence-corrected chi connectivity index (χ3v) is 4.98. The molecule has 0 aromatic heterocycles. The summed E-state index contributed by atoms with van der Waals surface area (Å²) in [7, 11) is 0. The minimum absolute atomic E-state index is 0.203. The average Bonchev–Trinajstić information content (AvgIpc) is 3.09. The highest BCUT2D eigenvalue weighted by Crippen LogP contribution is 2.36. The number of benzene rings is 1. The molecule has 0 saturated heterocycles. The predicted molar refractivity (Wildman–Crippen MR) is 105 cm³/mol. The van der Waals surface area contributed by atoms with Gasteiger partial charge in [0.25, 0.3) is 5.92 Å². The Morgan fingerprint density at radius 3 is 2.74 bits per heavy atom. The van der Waals surface area contributed by atoms with Crippen molar-refractivity contribution in [2.75, 3.05) is 6.61 Å². The molecule has 2 atom stereocenters. The number of hydrogen-bond donors (Lipinski definition) is 0. The van der Waals surface area contributed by atoms with Crippen LogP contribution >= 0.6 is 0 Å². The molecule has 1 aliphatic carbocycles. The number of unbranched alkanes of at least 4 members (excludes halogenated alkanes) is 1. The summed E-state index contributed by atoms with van der Waals surface area (Å²) in [5.74, 6) is -1.66. The van der Waals surface area contributed by atoms with E-state index in [1.54, 1.807) is 37.3 Å². The molecule has 1 aliphatic rings. The number of ketones is 1. The number of ether oxygens (including phenoxy) is 1. The fourth-order valence-corrected chi connectivity index (χ4v) is 3.48. The summed E-state index contributed by atoms with van der Waals surface area (Å²) in [6, 6.07) is 8.70. The number of Topliss-reactive ketones (excluding diaryl/α,β-unsaturated/α-hetero) is 1. The van der Waals surface area contributed by atoms with Crippen molar-refractivity contribution in [1.29, 1.82) is 0 Å². The first-order valence-electron chi connectivity index (χ1n) is 9.86. The molecule has 0 radical (unpaired) electrons. The Bertz CT molecular complexity index is 623. The van der Waals surface area contributed by atoms with Gasteiger partial charge in [-0.2, -0.15) is 8.78 Å². The molecule has 0 aliphatic heterocycles. The normalized spacial score (nSPS) is 20.6. The van der Waals surface area contributed by atoms with E-state index in [9.17, 15) is 13.6 Å². The van der Waals surface area contributed by atoms with E-state index in [1.165, 1.54) is 0 Å². The lowest BCUT2D eigenvalue weighted by atomic mass is 9.92. The SMILES string of the molecule is CC(=O)CCC/C=C\C[C@H]1CCC[C@@H]1/C=C/C(F)(F)COc1ccccc1. The summed E-state index contributed by atoms with van der Waals surface area (Å²) >= 11 is 0. The molecule has 0 amide bonds. The van der Waals surface area contributed by atoms with Gasteiger partial charge in [-0.15, -0.1) is 0 Å². The van der Waals surface area contributed by atoms with Gasteiger partial charge in [-0.05, 0) is 69.1 Å². The maximum absolute atomic E-state index is 14.1. The first-order valence-corrected chi connectivity index (χ1v) is 9.86. The van der Waals surface area contributed by atoms with Crippen LogP contribution in [0.5, 0.6) is 5.75 Å². The van der Waals surface area contributed by atoms with Gasteiger partial charge in [-0.3, -0.25) is 0 Å². The van der Waals surface area contributed by atoms with Gasteiger partial charge in [-0.1, -0.05) is 42.8 Å². The first kappa shape index (κ1) is 21.3. The van der Waals surface area contributed by atoms with Gasteiger partial charge in [0.05, 0.1) is 0 Å². The van der Waals surface area contributed by atoms with Gasteiger partial charge >= 0.3 is 0 Å². The lowest BCUT2D eigenvalue weighted by Gasteiger charge is -2.17. The van der Waals surface area contributed by atoms with Crippen LogP contribution in [0.1, 0.15) is 51.9 Å². The number of halogens is 2. The molecular weight excluding hydrogens is 346 g/mol. The van der Waals surface area contributed by atoms with Gasteiger partial charge in [-0.25, -0.2) is 0 Å². The summed E-state index contributed by atoms with van der Waals surface area (Å²) in [5, 5.41) is 0. The van der Waals surface area contributed by atoms with E-state index in [2.05, 4.69) is 12.2 Å². The van der Waals surface area contributed by atoms with Crippen LogP contribution in [-0.2, 0) is 4.79 Å². The standard InChI is InChI=1S/C23H30F2O2/c1-19(26)10-5-2-3-6-11-20-12-9-13-21(20)16-17-23(24,25)18-27-22-14-7-4-8-15-22/h3-4,6-8,14-17,20-21H,2,5,9-13,18H2,1H3/b6-3-,17-16+/t20-,21+/m0/s1. The minimum atomic E-state index is -2.97. The lowest BCUT2D eigenvalue weighted by molar-refractivity contribution is -0.117. The molecular formula is C23H30F2O2. The third kappa shape index (κ3) is 8.51. The summed E-state index contributed by atoms with van der Waals surface area (Å²) in [6.07, 6.45) is 13.4. The molecule has 1 aromatic carbocycles. The number of carbonyl (C=O) groups excluding carboxylic acids is 1. The third-order valence-electron chi connectivity index (χ3n) is 4.98. The van der Waals surface area contributed by atoms with Gasteiger partial charge < -0.3 is 9.53 Å². The zero-order valence-corrected chi connectivity index (χ0v) is 16.1. The summed E-state index contributed by atoms with van der Waals surface area (Å²) in [4.78, 5) is 10.9. The Kier molecular flexibility index (Phi) is 8.70. The van der Waals surface area contributed by atoms with Crippen LogP contribution in [0.3, 0.4) is 0 Å². The second kappa shape index (κ2) is 11.0. The fraction of sp³-hybridized carbons (Fsp3) is 0.522. The van der Waals surface area contributed by atoms with E-state index in [0.717, 1.165) is 44.6 Å². The van der Waals surface area contributed by atoms with Crippen LogP contribution in [0.2, 0.25) is 0 Å². The molecule has 1 saturated carbocycles. The van der Waals surface area contributed by atoms with Crippen LogP contribution < -0.4 is 4.74 Å². The maximum Gasteiger partial charge on any atom is 0.299 e. The van der Waals surface area contributed by atoms with E-state index in [0.29, 0.717) is 18.1 Å². The van der Waals surface area contributed by atoms with Crippen molar-refractivity contribution in [2.24, 2.45) is 11.8 Å². The zero-order chi connectivity index (χ0) is 19.5. The highest BCUT2D eigenvalue weighted by atomic mass is 19.3. The molecule has 4 heteroatoms. The zero-order valence-electron chi connectivity index (χ0n) is 16.1. The van der Waals surface area contributed by atoms with Crippen molar-refractivity contribution in [1.82, 2.24) is 0 Å². The predicted octanol–water partition coefficient (Wildman–Crippen LogP) is 6.38. The number of carbonyl (C=O) groups is 1. The molecule has 0 bridgehead atoms. The largest absolute Gasteiger partial charge is 0.487 e. The Morgan fingerprint density at radius 2 is 2.00 bits per heavy atom. The molecule has 2 rings (SSSR count). The molecule has 27 heavy (non-hydrogen) atoms. The first-order chi connectivity index (χ1) is 13.0. The molecule has 0 heterocycles. The average molecular weight is 376 g/mol. The van der Waals surface area contributed by atoms with Crippen molar-refractivity contribution in [3.8, 4) is 5.75 Å². The van der Waals surface area contributed by atoms with E-state index < -0.39 is 12.5 Å². The van der Waals surface area contributed by atoms with Gasteiger partial charge in [0.15, 0.2) is 6.61 Å². The Labute approximate surface area is 161 Å². The number of allylic oxidation sites excluding steroid dienone is 3. The quantitative estimate of drug-likeness (QED) is 0.331. The molecule has 0 spiro atoms. The van der Waals surface area contributed by atoms with Crippen molar-refractivity contribution >= 4 is 5.78 Å². The Balaban J connectivity index is 1.76. The van der Waals surface area contributed by atoms with Crippen molar-refractivity contribution in [3.05, 3.63) is 54.6 Å². The van der Waals surface area contributed by atoms with Crippen LogP contribution in [0.15, 0.2) is 54.6 Å². The molecule has 1 fully saturated rings. The van der Waals surface area contributed by atoms with Crippen molar-refractivity contribution in [3.63, 3.8) is 0 Å². The lowest BCUT2D eigenvalue weighted by Crippen LogP contribution is -2.23. The van der Waals surface area contributed by atoms with Gasteiger partial charge in [0, 0.05) is 6.42 Å². The smallest absolute Gasteiger partial charge is 0.299 e. The van der Waals surface area contributed by atoms with Crippen LogP contribution in [0.4, 0.5) is 8.78 Å². The second-order valence-corrected chi connectivity index (χ2v) is 7.38. The fourth-order valence-electron chi connectivity index (χ4n) is 3.48. The van der Waals surface area contributed by atoms with Crippen LogP contribution in [0, 0.1) is 11.8 Å². The van der Waals surface area contributed by atoms with E-state index in [4.69, 9.17) is 4.74 Å². The van der Waals surface area contributed by atoms with Crippen LogP contribution in [0.25, 0.3) is 0 Å². The number of para-hydroxylation sites is 1. The second-order valence-electron chi connectivity index (χ2n) is 7.38. The highest BCUT2D eigenvalue weighted by molar-refractivity contribution is 5.75. The summed E-state index contributed by atoms with van der Waals surface area (Å²) in [6.45, 7) is 0.973. The molecule has 0 unspecified atom stereocenters. The maximum atomic E-state index is 14.1.